The molecule has 4 rings (SSSR count). The highest BCUT2D eigenvalue weighted by molar-refractivity contribution is 5.92. The van der Waals surface area contributed by atoms with Crippen LogP contribution < -0.4 is 11.2 Å². The Morgan fingerprint density at radius 1 is 1.05 bits per heavy atom. The molecule has 0 atom stereocenters. The van der Waals surface area contributed by atoms with E-state index >= 15 is 0 Å². The van der Waals surface area contributed by atoms with Crippen LogP contribution in [0.1, 0.15) is 54.8 Å². The van der Waals surface area contributed by atoms with Gasteiger partial charge in [-0.3, -0.25) is 4.79 Å². The van der Waals surface area contributed by atoms with Gasteiger partial charge in [-0.25, -0.2) is 15.1 Å². The number of hydroxylamine groups is 1. The monoisotopic (exact) mass is 504 g/mol. The van der Waals surface area contributed by atoms with E-state index in [2.05, 4.69) is 26.0 Å². The minimum Gasteiger partial charge on any atom is -0.384 e. The molecule has 0 aliphatic rings. The first-order chi connectivity index (χ1) is 17.7. The zero-order chi connectivity index (χ0) is 26.6. The molecule has 2 heterocycles. The Balaban J connectivity index is 1.57. The summed E-state index contributed by atoms with van der Waals surface area (Å²) < 4.78 is 3.44. The maximum atomic E-state index is 12.3. The number of hydrogen-bond acceptors (Lipinski definition) is 8. The molecule has 194 valence electrons. The van der Waals surface area contributed by atoms with Gasteiger partial charge in [-0.1, -0.05) is 55.5 Å². The molecule has 0 unspecified atom stereocenters. The largest absolute Gasteiger partial charge is 0.384 e. The highest BCUT2D eigenvalue weighted by atomic mass is 16.5. The molecule has 11 nitrogen and oxygen atoms in total. The van der Waals surface area contributed by atoms with Gasteiger partial charge in [-0.2, -0.15) is 0 Å². The Hall–Kier alpha value is -3.93. The van der Waals surface area contributed by atoms with Crippen molar-refractivity contribution in [2.75, 3.05) is 6.54 Å². The maximum absolute atomic E-state index is 12.3. The van der Waals surface area contributed by atoms with Crippen LogP contribution >= 0.6 is 0 Å². The van der Waals surface area contributed by atoms with Gasteiger partial charge in [-0.05, 0) is 47.4 Å². The lowest BCUT2D eigenvalue weighted by Crippen LogP contribution is -2.25. The average molecular weight is 505 g/mol. The molecule has 4 aromatic rings. The minimum absolute atomic E-state index is 0.243. The molecule has 0 fully saturated rings. The number of carbonyl (C=O) groups excluding carboxylic acids is 1. The Morgan fingerprint density at radius 2 is 1.68 bits per heavy atom. The van der Waals surface area contributed by atoms with E-state index in [9.17, 15) is 9.90 Å². The van der Waals surface area contributed by atoms with Gasteiger partial charge < -0.3 is 20.6 Å². The van der Waals surface area contributed by atoms with E-state index < -0.39 is 11.5 Å². The van der Waals surface area contributed by atoms with Crippen molar-refractivity contribution < 1.29 is 15.1 Å². The van der Waals surface area contributed by atoms with Gasteiger partial charge in [0.15, 0.2) is 5.82 Å². The maximum Gasteiger partial charge on any atom is 0.267 e. The second-order valence-electron chi connectivity index (χ2n) is 9.39. The average Bonchev–Trinajstić information content (AvgIpc) is 3.48. The third-order valence-electron chi connectivity index (χ3n) is 6.07. The van der Waals surface area contributed by atoms with Crippen LogP contribution in [0.15, 0.2) is 48.5 Å². The van der Waals surface area contributed by atoms with E-state index in [1.165, 1.54) is 0 Å². The number of benzene rings is 2. The van der Waals surface area contributed by atoms with Crippen LogP contribution in [-0.2, 0) is 25.1 Å². The van der Waals surface area contributed by atoms with E-state index in [-0.39, 0.29) is 5.69 Å². The summed E-state index contributed by atoms with van der Waals surface area (Å²) in [5, 5.41) is 31.2. The van der Waals surface area contributed by atoms with Crippen molar-refractivity contribution in [3.8, 4) is 22.5 Å². The van der Waals surface area contributed by atoms with Crippen molar-refractivity contribution in [1.29, 1.82) is 0 Å². The molecule has 2 aromatic carbocycles. The standard InChI is InChI=1S/C26H32N8O3/c1-4-5-21-29-23(26(2,3)36)22(24(27)35)33(21)16-17-6-8-18(9-7-17)19-10-12-20(13-11-19)25-30-31-32-34(25)15-14-28-37/h6-13,28,36-37H,4-5,14-16H2,1-3H3,(H2,27,35). The van der Waals surface area contributed by atoms with Gasteiger partial charge in [0.05, 0.1) is 6.54 Å². The Kier molecular flexibility index (Phi) is 7.77. The van der Waals surface area contributed by atoms with Crippen LogP contribution in [0.25, 0.3) is 22.5 Å². The van der Waals surface area contributed by atoms with Crippen molar-refractivity contribution in [3.05, 3.63) is 71.3 Å². The highest BCUT2D eigenvalue weighted by Gasteiger charge is 2.30. The number of amides is 1. The van der Waals surface area contributed by atoms with Crippen molar-refractivity contribution in [3.63, 3.8) is 0 Å². The summed E-state index contributed by atoms with van der Waals surface area (Å²) in [7, 11) is 0. The second-order valence-corrected chi connectivity index (χ2v) is 9.39. The van der Waals surface area contributed by atoms with Crippen LogP contribution in [0.2, 0.25) is 0 Å². The fourth-order valence-electron chi connectivity index (χ4n) is 4.28. The van der Waals surface area contributed by atoms with Crippen LogP contribution in [0.3, 0.4) is 0 Å². The molecule has 0 aliphatic heterocycles. The number of hydrogen-bond donors (Lipinski definition) is 4. The number of primary amides is 1. The molecule has 0 aliphatic carbocycles. The fourth-order valence-corrected chi connectivity index (χ4v) is 4.28. The van der Waals surface area contributed by atoms with Gasteiger partial charge in [-0.15, -0.1) is 5.10 Å². The quantitative estimate of drug-likeness (QED) is 0.227. The number of nitrogens with zero attached hydrogens (tertiary/aromatic N) is 6. The molecule has 5 N–H and O–H groups in total. The third-order valence-corrected chi connectivity index (χ3v) is 6.07. The Bertz CT molecular complexity index is 1350. The number of imidazole rings is 1. The van der Waals surface area contributed by atoms with Crippen molar-refractivity contribution in [1.82, 2.24) is 35.2 Å². The van der Waals surface area contributed by atoms with E-state index in [0.29, 0.717) is 37.6 Å². The second kappa shape index (κ2) is 11.0. The lowest BCUT2D eigenvalue weighted by atomic mass is 10.0. The van der Waals surface area contributed by atoms with Gasteiger partial charge in [0, 0.05) is 25.1 Å². The topological polar surface area (TPSA) is 157 Å². The van der Waals surface area contributed by atoms with E-state index in [1.54, 1.807) is 18.5 Å². The van der Waals surface area contributed by atoms with Crippen LogP contribution in [-0.4, -0.2) is 52.5 Å². The zero-order valence-electron chi connectivity index (χ0n) is 21.2. The zero-order valence-corrected chi connectivity index (χ0v) is 21.2. The normalized spacial score (nSPS) is 11.7. The lowest BCUT2D eigenvalue weighted by molar-refractivity contribution is 0.0711. The van der Waals surface area contributed by atoms with Gasteiger partial charge >= 0.3 is 0 Å². The van der Waals surface area contributed by atoms with Crippen LogP contribution in [0, 0.1) is 0 Å². The van der Waals surface area contributed by atoms with Crippen molar-refractivity contribution >= 4 is 5.91 Å². The molecule has 1 amide bonds. The van der Waals surface area contributed by atoms with Gasteiger partial charge in [0.1, 0.15) is 22.8 Å². The Morgan fingerprint density at radius 3 is 2.24 bits per heavy atom. The molecule has 0 bridgehead atoms. The number of nitrogens with one attached hydrogen (secondary N) is 1. The summed E-state index contributed by atoms with van der Waals surface area (Å²) in [6, 6.07) is 16.0. The first-order valence-electron chi connectivity index (χ1n) is 12.2. The molecule has 2 aromatic heterocycles. The summed E-state index contributed by atoms with van der Waals surface area (Å²) in [4.78, 5) is 16.9. The van der Waals surface area contributed by atoms with Crippen LogP contribution in [0.5, 0.6) is 0 Å². The predicted molar refractivity (Wildman–Crippen MR) is 138 cm³/mol. The summed E-state index contributed by atoms with van der Waals surface area (Å²) in [6.45, 7) is 6.44. The third kappa shape index (κ3) is 5.74. The smallest absolute Gasteiger partial charge is 0.267 e. The molecule has 0 radical (unpaired) electrons. The number of nitrogens with two attached hydrogens (primary N) is 1. The summed E-state index contributed by atoms with van der Waals surface area (Å²) >= 11 is 0. The van der Waals surface area contributed by atoms with Crippen LogP contribution in [0.4, 0.5) is 0 Å². The minimum atomic E-state index is -1.28. The Labute approximate surface area is 214 Å². The van der Waals surface area contributed by atoms with Gasteiger partial charge in [0.25, 0.3) is 5.91 Å². The number of carbonyl (C=O) groups is 1. The molecule has 0 spiro atoms. The first-order valence-corrected chi connectivity index (χ1v) is 12.2. The van der Waals surface area contributed by atoms with Crippen molar-refractivity contribution in [2.24, 2.45) is 5.73 Å². The van der Waals surface area contributed by atoms with E-state index in [1.807, 2.05) is 60.0 Å². The first kappa shape index (κ1) is 26.1. The fraction of sp³-hybridized carbons (Fsp3) is 0.346. The van der Waals surface area contributed by atoms with Crippen molar-refractivity contribution in [2.45, 2.75) is 52.3 Å². The van der Waals surface area contributed by atoms with Gasteiger partial charge in [0.2, 0.25) is 0 Å². The predicted octanol–water partition coefficient (Wildman–Crippen LogP) is 2.51. The van der Waals surface area contributed by atoms with E-state index in [4.69, 9.17) is 10.9 Å². The summed E-state index contributed by atoms with van der Waals surface area (Å²) in [5.74, 6) is 0.739. The molecular weight excluding hydrogens is 472 g/mol. The lowest BCUT2D eigenvalue weighted by Gasteiger charge is -2.16. The number of aromatic nitrogens is 6. The summed E-state index contributed by atoms with van der Waals surface area (Å²) in [5.41, 5.74) is 11.0. The molecule has 0 saturated carbocycles. The number of rotatable bonds is 11. The number of aliphatic hydroxyl groups is 1. The molecule has 37 heavy (non-hydrogen) atoms. The summed E-state index contributed by atoms with van der Waals surface area (Å²) in [6.07, 6.45) is 1.51. The molecule has 11 heteroatoms. The number of aryl methyl sites for hydroxylation is 1. The SMILES string of the molecule is CCCc1nc(C(C)(C)O)c(C(N)=O)n1Cc1ccc(-c2ccc(-c3nnnn3CCNO)cc2)cc1. The highest BCUT2D eigenvalue weighted by Crippen LogP contribution is 2.27. The van der Waals surface area contributed by atoms with E-state index in [0.717, 1.165) is 34.5 Å². The molecule has 0 saturated heterocycles. The molecular formula is C26H32N8O3. The number of tetrazole rings is 1.